The Morgan fingerprint density at radius 3 is 1.61 bits per heavy atom. The summed E-state index contributed by atoms with van der Waals surface area (Å²) in [6.45, 7) is 6.08. The van der Waals surface area contributed by atoms with Crippen molar-refractivity contribution in [2.75, 3.05) is 6.54 Å². The van der Waals surface area contributed by atoms with Crippen LogP contribution in [0, 0.1) is 13.8 Å². The number of benzene rings is 2. The third kappa shape index (κ3) is 6.49. The summed E-state index contributed by atoms with van der Waals surface area (Å²) in [5.74, 6) is -0.670. The summed E-state index contributed by atoms with van der Waals surface area (Å²) in [7, 11) is 0. The van der Waals surface area contributed by atoms with Crippen molar-refractivity contribution in [3.8, 4) is 11.5 Å². The minimum atomic E-state index is -4.59. The van der Waals surface area contributed by atoms with Crippen LogP contribution in [0.1, 0.15) is 53.6 Å². The number of alkyl halides is 6. The molecule has 0 aliphatic heterocycles. The number of nitrogens with zero attached hydrogens (tertiary/aromatic N) is 2. The molecule has 2 N–H and O–H groups in total. The van der Waals surface area contributed by atoms with Crippen LogP contribution in [0.25, 0.3) is 0 Å². The summed E-state index contributed by atoms with van der Waals surface area (Å²) >= 11 is 0. The van der Waals surface area contributed by atoms with Crippen LogP contribution in [0.2, 0.25) is 0 Å². The predicted octanol–water partition coefficient (Wildman–Crippen LogP) is 6.46. The lowest BCUT2D eigenvalue weighted by atomic mass is 9.99. The van der Waals surface area contributed by atoms with Crippen molar-refractivity contribution in [1.82, 2.24) is 0 Å². The summed E-state index contributed by atoms with van der Waals surface area (Å²) in [4.78, 5) is 8.40. The number of aromatic hydroxyl groups is 2. The first-order valence-electron chi connectivity index (χ1n) is 9.94. The first-order chi connectivity index (χ1) is 15.1. The SMILES string of the molecule is CCC(C)(CN=Cc1cc(C(F)(F)F)cc(C)c1O)N=Cc1cc(C(F)(F)F)cc(C)c1O. The molecule has 0 aromatic heterocycles. The van der Waals surface area contributed by atoms with Crippen LogP contribution in [-0.2, 0) is 12.4 Å². The molecule has 0 radical (unpaired) electrons. The van der Waals surface area contributed by atoms with Crippen molar-refractivity contribution in [3.05, 3.63) is 57.6 Å². The van der Waals surface area contributed by atoms with E-state index in [2.05, 4.69) is 9.98 Å². The molecule has 0 fully saturated rings. The van der Waals surface area contributed by atoms with E-state index in [1.807, 2.05) is 0 Å². The number of aliphatic imine (C=N–C) groups is 2. The van der Waals surface area contributed by atoms with Gasteiger partial charge in [-0.05, 0) is 62.6 Å². The van der Waals surface area contributed by atoms with E-state index in [4.69, 9.17) is 0 Å². The van der Waals surface area contributed by atoms with Crippen molar-refractivity contribution in [1.29, 1.82) is 0 Å². The van der Waals surface area contributed by atoms with Gasteiger partial charge in [0.1, 0.15) is 11.5 Å². The Kier molecular flexibility index (Phi) is 7.50. The second kappa shape index (κ2) is 9.44. The summed E-state index contributed by atoms with van der Waals surface area (Å²) in [6.07, 6.45) is -6.55. The van der Waals surface area contributed by atoms with Gasteiger partial charge in [0.15, 0.2) is 0 Å². The van der Waals surface area contributed by atoms with Gasteiger partial charge in [-0.1, -0.05) is 6.92 Å². The van der Waals surface area contributed by atoms with Crippen LogP contribution < -0.4 is 0 Å². The maximum atomic E-state index is 13.1. The van der Waals surface area contributed by atoms with Gasteiger partial charge in [0.2, 0.25) is 0 Å². The van der Waals surface area contributed by atoms with Gasteiger partial charge in [0.25, 0.3) is 0 Å². The molecule has 2 aromatic rings. The number of phenols is 2. The highest BCUT2D eigenvalue weighted by Gasteiger charge is 2.32. The van der Waals surface area contributed by atoms with Crippen molar-refractivity contribution >= 4 is 12.4 Å². The van der Waals surface area contributed by atoms with Crippen molar-refractivity contribution in [3.63, 3.8) is 0 Å². The Hall–Kier alpha value is -3.04. The van der Waals surface area contributed by atoms with Crippen LogP contribution >= 0.6 is 0 Å². The van der Waals surface area contributed by atoms with Gasteiger partial charge in [-0.15, -0.1) is 0 Å². The van der Waals surface area contributed by atoms with Gasteiger partial charge < -0.3 is 10.2 Å². The number of rotatable bonds is 6. The van der Waals surface area contributed by atoms with Crippen LogP contribution in [0.5, 0.6) is 11.5 Å². The molecule has 180 valence electrons. The van der Waals surface area contributed by atoms with E-state index >= 15 is 0 Å². The summed E-state index contributed by atoms with van der Waals surface area (Å²) in [6, 6.07) is 3.23. The number of aryl methyl sites for hydroxylation is 2. The summed E-state index contributed by atoms with van der Waals surface area (Å²) in [5.41, 5.74) is -2.92. The lowest BCUT2D eigenvalue weighted by Crippen LogP contribution is -2.25. The van der Waals surface area contributed by atoms with Crippen LogP contribution in [0.15, 0.2) is 34.3 Å². The molecule has 33 heavy (non-hydrogen) atoms. The Balaban J connectivity index is 2.31. The second-order valence-corrected chi connectivity index (χ2v) is 8.04. The maximum absolute atomic E-state index is 13.1. The van der Waals surface area contributed by atoms with Gasteiger partial charge in [0.05, 0.1) is 23.2 Å². The fourth-order valence-electron chi connectivity index (χ4n) is 2.95. The molecular weight excluding hydrogens is 450 g/mol. The summed E-state index contributed by atoms with van der Waals surface area (Å²) in [5, 5.41) is 20.2. The third-order valence-electron chi connectivity index (χ3n) is 5.25. The van der Waals surface area contributed by atoms with Gasteiger partial charge in [-0.2, -0.15) is 26.3 Å². The minimum Gasteiger partial charge on any atom is -0.507 e. The molecule has 0 bridgehead atoms. The first-order valence-corrected chi connectivity index (χ1v) is 9.94. The van der Waals surface area contributed by atoms with Gasteiger partial charge in [0, 0.05) is 23.6 Å². The molecule has 0 amide bonds. The molecule has 0 saturated heterocycles. The fourth-order valence-corrected chi connectivity index (χ4v) is 2.95. The highest BCUT2D eigenvalue weighted by molar-refractivity contribution is 5.85. The van der Waals surface area contributed by atoms with E-state index in [0.29, 0.717) is 6.42 Å². The van der Waals surface area contributed by atoms with E-state index in [9.17, 15) is 36.6 Å². The Bertz CT molecular complexity index is 1070. The highest BCUT2D eigenvalue weighted by Crippen LogP contribution is 2.35. The van der Waals surface area contributed by atoms with Gasteiger partial charge in [-0.3, -0.25) is 9.98 Å². The molecule has 0 saturated carbocycles. The van der Waals surface area contributed by atoms with E-state index in [1.54, 1.807) is 13.8 Å². The molecule has 0 heterocycles. The quantitative estimate of drug-likeness (QED) is 0.373. The molecule has 2 rings (SSSR count). The molecule has 0 spiro atoms. The zero-order valence-electron chi connectivity index (χ0n) is 18.4. The van der Waals surface area contributed by atoms with E-state index < -0.39 is 29.0 Å². The Morgan fingerprint density at radius 2 is 1.21 bits per heavy atom. The van der Waals surface area contributed by atoms with E-state index in [0.717, 1.165) is 36.7 Å². The number of halogens is 6. The monoisotopic (exact) mass is 474 g/mol. The van der Waals surface area contributed by atoms with Gasteiger partial charge in [-0.25, -0.2) is 0 Å². The highest BCUT2D eigenvalue weighted by atomic mass is 19.4. The molecule has 1 unspecified atom stereocenters. The normalized spacial score (nSPS) is 14.8. The zero-order chi connectivity index (χ0) is 25.2. The Labute approximate surface area is 187 Å². The lowest BCUT2D eigenvalue weighted by molar-refractivity contribution is -0.138. The second-order valence-electron chi connectivity index (χ2n) is 8.04. The van der Waals surface area contributed by atoms with Crippen molar-refractivity contribution in [2.45, 2.75) is 52.0 Å². The molecule has 2 aromatic carbocycles. The fraction of sp³-hybridized carbons (Fsp3) is 0.391. The zero-order valence-corrected chi connectivity index (χ0v) is 18.4. The van der Waals surface area contributed by atoms with Crippen LogP contribution in [0.4, 0.5) is 26.3 Å². The molecule has 0 aliphatic rings. The number of hydrogen-bond acceptors (Lipinski definition) is 4. The van der Waals surface area contributed by atoms with Gasteiger partial charge >= 0.3 is 12.4 Å². The average molecular weight is 474 g/mol. The number of hydrogen-bond donors (Lipinski definition) is 2. The van der Waals surface area contributed by atoms with Crippen molar-refractivity contribution in [2.24, 2.45) is 9.98 Å². The largest absolute Gasteiger partial charge is 0.507 e. The van der Waals surface area contributed by atoms with E-state index in [1.165, 1.54) is 13.8 Å². The lowest BCUT2D eigenvalue weighted by Gasteiger charge is -2.21. The molecule has 0 aliphatic carbocycles. The molecule has 4 nitrogen and oxygen atoms in total. The predicted molar refractivity (Wildman–Crippen MR) is 114 cm³/mol. The third-order valence-corrected chi connectivity index (χ3v) is 5.25. The maximum Gasteiger partial charge on any atom is 0.416 e. The molecule has 1 atom stereocenters. The number of phenolic OH excluding ortho intramolecular Hbond substituents is 2. The molecular formula is C23H24F6N2O2. The topological polar surface area (TPSA) is 65.2 Å². The molecule has 10 heteroatoms. The van der Waals surface area contributed by atoms with Crippen molar-refractivity contribution < 1.29 is 36.6 Å². The Morgan fingerprint density at radius 1 is 0.788 bits per heavy atom. The average Bonchev–Trinajstić information content (AvgIpc) is 2.70. The smallest absolute Gasteiger partial charge is 0.416 e. The van der Waals surface area contributed by atoms with Crippen LogP contribution in [-0.4, -0.2) is 34.7 Å². The summed E-state index contributed by atoms with van der Waals surface area (Å²) < 4.78 is 78.3. The minimum absolute atomic E-state index is 0.0204. The van der Waals surface area contributed by atoms with Crippen LogP contribution in [0.3, 0.4) is 0 Å². The standard InChI is InChI=1S/C23H24F6N2O2/c1-5-21(4,31-11-16-9-18(23(27,28)29)7-14(3)20(16)33)12-30-10-15-8-17(22(24,25)26)6-13(2)19(15)32/h6-11,32-33H,5,12H2,1-4H3. The first kappa shape index (κ1) is 26.2. The van der Waals surface area contributed by atoms with E-state index in [-0.39, 0.29) is 40.3 Å².